The molecule has 2 N–H and O–H groups in total. The van der Waals surface area contributed by atoms with Crippen molar-refractivity contribution in [3.8, 4) is 5.75 Å². The Balaban J connectivity index is 1.72. The van der Waals surface area contributed by atoms with Gasteiger partial charge >= 0.3 is 0 Å². The lowest BCUT2D eigenvalue weighted by Gasteiger charge is -2.09. The molecular formula is C18H19NOS. The number of fused-ring (bicyclic) bond motifs is 1. The van der Waals surface area contributed by atoms with Gasteiger partial charge < -0.3 is 10.5 Å². The summed E-state index contributed by atoms with van der Waals surface area (Å²) in [5, 5.41) is 3.46. The van der Waals surface area contributed by atoms with Crippen LogP contribution in [0.4, 0.5) is 0 Å². The molecule has 108 valence electrons. The second-order valence-corrected chi connectivity index (χ2v) is 6.29. The molecule has 0 spiro atoms. The third-order valence-electron chi connectivity index (χ3n) is 3.41. The maximum atomic E-state index is 5.95. The Hall–Kier alpha value is -1.84. The topological polar surface area (TPSA) is 35.2 Å². The predicted octanol–water partition coefficient (Wildman–Crippen LogP) is 4.37. The van der Waals surface area contributed by atoms with Crippen molar-refractivity contribution < 1.29 is 4.74 Å². The lowest BCUT2D eigenvalue weighted by atomic mass is 10.1. The van der Waals surface area contributed by atoms with Crippen molar-refractivity contribution >= 4 is 21.4 Å². The summed E-state index contributed by atoms with van der Waals surface area (Å²) in [6.45, 7) is 2.62. The zero-order valence-corrected chi connectivity index (χ0v) is 12.9. The molecule has 0 amide bonds. The minimum absolute atomic E-state index is 0.168. The molecule has 1 unspecified atom stereocenters. The van der Waals surface area contributed by atoms with Crippen molar-refractivity contribution in [1.82, 2.24) is 0 Å². The van der Waals surface area contributed by atoms with Crippen LogP contribution in [0.5, 0.6) is 5.75 Å². The Morgan fingerprint density at radius 3 is 2.86 bits per heavy atom. The minimum atomic E-state index is 0.168. The van der Waals surface area contributed by atoms with Crippen molar-refractivity contribution in [2.45, 2.75) is 26.0 Å². The molecule has 2 aromatic carbocycles. The Morgan fingerprint density at radius 1 is 1.14 bits per heavy atom. The van der Waals surface area contributed by atoms with E-state index in [9.17, 15) is 0 Å². The van der Waals surface area contributed by atoms with Crippen molar-refractivity contribution in [3.63, 3.8) is 0 Å². The number of rotatable bonds is 5. The highest BCUT2D eigenvalue weighted by Crippen LogP contribution is 2.27. The number of ether oxygens (including phenoxy) is 1. The number of thiophene rings is 1. The van der Waals surface area contributed by atoms with Crippen molar-refractivity contribution in [2.24, 2.45) is 5.73 Å². The molecule has 0 saturated carbocycles. The lowest BCUT2D eigenvalue weighted by Crippen LogP contribution is -2.17. The van der Waals surface area contributed by atoms with E-state index in [0.717, 1.165) is 12.2 Å². The van der Waals surface area contributed by atoms with E-state index in [1.807, 2.05) is 19.1 Å². The molecule has 1 aromatic heterocycles. The summed E-state index contributed by atoms with van der Waals surface area (Å²) in [5.41, 5.74) is 8.31. The van der Waals surface area contributed by atoms with Crippen LogP contribution in [-0.4, -0.2) is 6.04 Å². The van der Waals surface area contributed by atoms with Crippen LogP contribution in [-0.2, 0) is 13.0 Å². The second-order valence-electron chi connectivity index (χ2n) is 5.37. The number of benzene rings is 2. The molecule has 0 bridgehead atoms. The van der Waals surface area contributed by atoms with E-state index in [2.05, 4.69) is 41.8 Å². The molecule has 0 saturated heterocycles. The summed E-state index contributed by atoms with van der Waals surface area (Å²) in [7, 11) is 0. The van der Waals surface area contributed by atoms with E-state index in [1.165, 1.54) is 21.2 Å². The molecule has 3 heteroatoms. The highest BCUT2D eigenvalue weighted by molar-refractivity contribution is 7.17. The summed E-state index contributed by atoms with van der Waals surface area (Å²) < 4.78 is 7.25. The molecule has 0 aliphatic rings. The monoisotopic (exact) mass is 297 g/mol. The van der Waals surface area contributed by atoms with Crippen LogP contribution in [0.3, 0.4) is 0 Å². The fraction of sp³-hybridized carbons (Fsp3) is 0.222. The molecule has 2 nitrogen and oxygen atoms in total. The van der Waals surface area contributed by atoms with Crippen molar-refractivity contribution in [3.05, 3.63) is 65.0 Å². The van der Waals surface area contributed by atoms with Gasteiger partial charge in [0.1, 0.15) is 12.4 Å². The van der Waals surface area contributed by atoms with Gasteiger partial charge in [-0.3, -0.25) is 0 Å². The Morgan fingerprint density at radius 2 is 2.00 bits per heavy atom. The first kappa shape index (κ1) is 14.1. The number of nitrogens with two attached hydrogens (primary N) is 1. The summed E-state index contributed by atoms with van der Waals surface area (Å²) in [6, 6.07) is 16.8. The Labute approximate surface area is 129 Å². The molecule has 1 atom stereocenters. The Kier molecular flexibility index (Phi) is 4.23. The SMILES string of the molecule is CC(N)Cc1cccc(OCc2csc3ccccc23)c1. The maximum Gasteiger partial charge on any atom is 0.120 e. The van der Waals surface area contributed by atoms with Crippen LogP contribution < -0.4 is 10.5 Å². The third-order valence-corrected chi connectivity index (χ3v) is 4.42. The average molecular weight is 297 g/mol. The predicted molar refractivity (Wildman–Crippen MR) is 90.0 cm³/mol. The number of hydrogen-bond acceptors (Lipinski definition) is 3. The van der Waals surface area contributed by atoms with E-state index < -0.39 is 0 Å². The van der Waals surface area contributed by atoms with Gasteiger partial charge in [-0.2, -0.15) is 0 Å². The van der Waals surface area contributed by atoms with Gasteiger partial charge in [0.15, 0.2) is 0 Å². The maximum absolute atomic E-state index is 5.95. The van der Waals surface area contributed by atoms with Gasteiger partial charge in [0.05, 0.1) is 0 Å². The van der Waals surface area contributed by atoms with Crippen LogP contribution in [0.25, 0.3) is 10.1 Å². The summed E-state index contributed by atoms with van der Waals surface area (Å²) >= 11 is 1.76. The van der Waals surface area contributed by atoms with E-state index in [4.69, 9.17) is 10.5 Å². The molecule has 21 heavy (non-hydrogen) atoms. The quantitative estimate of drug-likeness (QED) is 0.759. The molecule has 3 aromatic rings. The highest BCUT2D eigenvalue weighted by atomic mass is 32.1. The fourth-order valence-electron chi connectivity index (χ4n) is 2.44. The smallest absolute Gasteiger partial charge is 0.120 e. The molecule has 0 fully saturated rings. The van der Waals surface area contributed by atoms with Crippen LogP contribution in [0, 0.1) is 0 Å². The van der Waals surface area contributed by atoms with Gasteiger partial charge in [0.2, 0.25) is 0 Å². The molecule has 0 radical (unpaired) electrons. The van der Waals surface area contributed by atoms with E-state index >= 15 is 0 Å². The summed E-state index contributed by atoms with van der Waals surface area (Å²) in [4.78, 5) is 0. The van der Waals surface area contributed by atoms with Gasteiger partial charge in [-0.15, -0.1) is 11.3 Å². The molecule has 1 heterocycles. The van der Waals surface area contributed by atoms with Gasteiger partial charge in [0, 0.05) is 16.3 Å². The fourth-order valence-corrected chi connectivity index (χ4v) is 3.39. The standard InChI is InChI=1S/C18H19NOS/c1-13(19)9-14-5-4-6-16(10-14)20-11-15-12-21-18-8-3-2-7-17(15)18/h2-8,10,12-13H,9,11,19H2,1H3. The van der Waals surface area contributed by atoms with Crippen LogP contribution in [0.2, 0.25) is 0 Å². The largest absolute Gasteiger partial charge is 0.489 e. The molecule has 0 aliphatic carbocycles. The van der Waals surface area contributed by atoms with Gasteiger partial charge in [-0.25, -0.2) is 0 Å². The van der Waals surface area contributed by atoms with Crippen molar-refractivity contribution in [1.29, 1.82) is 0 Å². The van der Waals surface area contributed by atoms with Crippen molar-refractivity contribution in [2.75, 3.05) is 0 Å². The first-order valence-corrected chi connectivity index (χ1v) is 8.03. The zero-order chi connectivity index (χ0) is 14.7. The molecule has 0 aliphatic heterocycles. The number of hydrogen-bond donors (Lipinski definition) is 1. The zero-order valence-electron chi connectivity index (χ0n) is 12.1. The van der Waals surface area contributed by atoms with Gasteiger partial charge in [0.25, 0.3) is 0 Å². The lowest BCUT2D eigenvalue weighted by molar-refractivity contribution is 0.308. The molecular weight excluding hydrogens is 278 g/mol. The Bertz CT molecular complexity index is 733. The minimum Gasteiger partial charge on any atom is -0.489 e. The van der Waals surface area contributed by atoms with E-state index in [0.29, 0.717) is 6.61 Å². The summed E-state index contributed by atoms with van der Waals surface area (Å²) in [6.07, 6.45) is 0.874. The van der Waals surface area contributed by atoms with Crippen LogP contribution >= 0.6 is 11.3 Å². The van der Waals surface area contributed by atoms with Gasteiger partial charge in [-0.1, -0.05) is 30.3 Å². The third kappa shape index (κ3) is 3.43. The highest BCUT2D eigenvalue weighted by Gasteiger charge is 2.05. The van der Waals surface area contributed by atoms with Gasteiger partial charge in [-0.05, 0) is 47.9 Å². The normalized spacial score (nSPS) is 12.5. The molecule has 3 rings (SSSR count). The first-order valence-electron chi connectivity index (χ1n) is 7.15. The second kappa shape index (κ2) is 6.29. The first-order chi connectivity index (χ1) is 10.2. The van der Waals surface area contributed by atoms with E-state index in [-0.39, 0.29) is 6.04 Å². The van der Waals surface area contributed by atoms with E-state index in [1.54, 1.807) is 11.3 Å². The van der Waals surface area contributed by atoms with Crippen LogP contribution in [0.1, 0.15) is 18.1 Å². The van der Waals surface area contributed by atoms with Crippen LogP contribution in [0.15, 0.2) is 53.9 Å². The summed E-state index contributed by atoms with van der Waals surface area (Å²) in [5.74, 6) is 0.906. The average Bonchev–Trinajstić information content (AvgIpc) is 2.88.